The van der Waals surface area contributed by atoms with Crippen LogP contribution < -0.4 is 0 Å². The van der Waals surface area contributed by atoms with E-state index in [1.807, 2.05) is 0 Å². The Labute approximate surface area is 87.7 Å². The number of halogens is 3. The SMILES string of the molecule is O=S(=O)(Cl)c1c(F)cc2occc2c1F. The highest BCUT2D eigenvalue weighted by Crippen LogP contribution is 2.29. The highest BCUT2D eigenvalue weighted by atomic mass is 35.7. The molecule has 1 aromatic carbocycles. The second-order valence-electron chi connectivity index (χ2n) is 2.77. The molecule has 0 saturated carbocycles. The molecule has 15 heavy (non-hydrogen) atoms. The monoisotopic (exact) mass is 252 g/mol. The van der Waals surface area contributed by atoms with Crippen molar-refractivity contribution in [3.05, 3.63) is 30.0 Å². The van der Waals surface area contributed by atoms with Gasteiger partial charge in [0.15, 0.2) is 10.7 Å². The first-order valence-electron chi connectivity index (χ1n) is 3.71. The Morgan fingerprint density at radius 2 is 2.00 bits per heavy atom. The van der Waals surface area contributed by atoms with Gasteiger partial charge in [-0.2, -0.15) is 0 Å². The summed E-state index contributed by atoms with van der Waals surface area (Å²) in [5.41, 5.74) is -0.0749. The predicted molar refractivity (Wildman–Crippen MR) is 49.2 cm³/mol. The average Bonchev–Trinajstić information content (AvgIpc) is 2.48. The van der Waals surface area contributed by atoms with E-state index in [2.05, 4.69) is 0 Å². The minimum atomic E-state index is -4.45. The Kier molecular flexibility index (Phi) is 2.20. The van der Waals surface area contributed by atoms with Crippen molar-refractivity contribution >= 4 is 30.7 Å². The summed E-state index contributed by atoms with van der Waals surface area (Å²) in [4.78, 5) is -1.15. The second kappa shape index (κ2) is 3.18. The maximum Gasteiger partial charge on any atom is 0.267 e. The van der Waals surface area contributed by atoms with Gasteiger partial charge < -0.3 is 4.42 Å². The molecule has 0 radical (unpaired) electrons. The molecule has 2 aromatic rings. The molecular weight excluding hydrogens is 250 g/mol. The van der Waals surface area contributed by atoms with Gasteiger partial charge in [-0.1, -0.05) is 0 Å². The molecule has 80 valence electrons. The van der Waals surface area contributed by atoms with Gasteiger partial charge in [0.05, 0.1) is 11.6 Å². The largest absolute Gasteiger partial charge is 0.464 e. The number of rotatable bonds is 1. The second-order valence-corrected chi connectivity index (χ2v) is 5.27. The molecule has 0 atom stereocenters. The summed E-state index contributed by atoms with van der Waals surface area (Å²) in [6.07, 6.45) is 1.12. The molecule has 3 nitrogen and oxygen atoms in total. The van der Waals surface area contributed by atoms with E-state index in [0.29, 0.717) is 0 Å². The Morgan fingerprint density at radius 1 is 1.33 bits per heavy atom. The van der Waals surface area contributed by atoms with Gasteiger partial charge in [-0.05, 0) is 6.07 Å². The van der Waals surface area contributed by atoms with Crippen LogP contribution in [0.25, 0.3) is 11.0 Å². The maximum absolute atomic E-state index is 13.5. The Balaban J connectivity index is 2.97. The topological polar surface area (TPSA) is 47.3 Å². The number of hydrogen-bond donors (Lipinski definition) is 0. The van der Waals surface area contributed by atoms with E-state index in [-0.39, 0.29) is 11.0 Å². The zero-order valence-corrected chi connectivity index (χ0v) is 8.57. The first-order chi connectivity index (χ1) is 6.91. The molecular formula is C8H3ClF2O3S. The average molecular weight is 253 g/mol. The normalized spacial score (nSPS) is 12.2. The Hall–Kier alpha value is -1.14. The van der Waals surface area contributed by atoms with Crippen LogP contribution in [0.15, 0.2) is 27.7 Å². The van der Waals surface area contributed by atoms with Gasteiger partial charge in [-0.3, -0.25) is 0 Å². The molecule has 0 saturated heterocycles. The number of benzene rings is 1. The van der Waals surface area contributed by atoms with E-state index in [0.717, 1.165) is 12.3 Å². The van der Waals surface area contributed by atoms with Gasteiger partial charge in [-0.25, -0.2) is 17.2 Å². The van der Waals surface area contributed by atoms with Gasteiger partial charge in [-0.15, -0.1) is 0 Å². The lowest BCUT2D eigenvalue weighted by atomic mass is 10.2. The Bertz CT molecular complexity index is 633. The summed E-state index contributed by atoms with van der Waals surface area (Å²) >= 11 is 0. The lowest BCUT2D eigenvalue weighted by Gasteiger charge is -2.01. The third-order valence-electron chi connectivity index (χ3n) is 1.85. The van der Waals surface area contributed by atoms with Crippen molar-refractivity contribution in [3.63, 3.8) is 0 Å². The highest BCUT2D eigenvalue weighted by molar-refractivity contribution is 8.13. The van der Waals surface area contributed by atoms with Gasteiger partial charge in [0.1, 0.15) is 11.4 Å². The molecule has 0 aliphatic heterocycles. The molecule has 0 unspecified atom stereocenters. The fraction of sp³-hybridized carbons (Fsp3) is 0. The van der Waals surface area contributed by atoms with E-state index in [1.54, 1.807) is 0 Å². The summed E-state index contributed by atoms with van der Waals surface area (Å²) in [6.45, 7) is 0. The van der Waals surface area contributed by atoms with Crippen molar-refractivity contribution in [2.45, 2.75) is 4.90 Å². The summed E-state index contributed by atoms with van der Waals surface area (Å²) < 4.78 is 53.2. The molecule has 0 bridgehead atoms. The van der Waals surface area contributed by atoms with Crippen LogP contribution in [0, 0.1) is 11.6 Å². The number of furan rings is 1. The lowest BCUT2D eigenvalue weighted by molar-refractivity contribution is 0.526. The molecule has 0 fully saturated rings. The van der Waals surface area contributed by atoms with Crippen LogP contribution in [-0.4, -0.2) is 8.42 Å². The van der Waals surface area contributed by atoms with Gasteiger partial charge in [0.25, 0.3) is 9.05 Å². The summed E-state index contributed by atoms with van der Waals surface area (Å²) in [7, 11) is 0.445. The van der Waals surface area contributed by atoms with E-state index < -0.39 is 25.6 Å². The fourth-order valence-electron chi connectivity index (χ4n) is 1.25. The van der Waals surface area contributed by atoms with Crippen molar-refractivity contribution in [1.82, 2.24) is 0 Å². The third-order valence-corrected chi connectivity index (χ3v) is 3.17. The lowest BCUT2D eigenvalue weighted by Crippen LogP contribution is -2.00. The van der Waals surface area contributed by atoms with Crippen LogP contribution in [-0.2, 0) is 9.05 Å². The first-order valence-corrected chi connectivity index (χ1v) is 6.02. The van der Waals surface area contributed by atoms with Crippen molar-refractivity contribution < 1.29 is 21.6 Å². The third kappa shape index (κ3) is 1.59. The first kappa shape index (κ1) is 10.4. The zero-order chi connectivity index (χ0) is 11.2. The van der Waals surface area contributed by atoms with Crippen LogP contribution in [0.5, 0.6) is 0 Å². The van der Waals surface area contributed by atoms with Crippen LogP contribution in [0.3, 0.4) is 0 Å². The van der Waals surface area contributed by atoms with Crippen LogP contribution in [0.2, 0.25) is 0 Å². The molecule has 1 heterocycles. The van der Waals surface area contributed by atoms with Crippen LogP contribution in [0.1, 0.15) is 0 Å². The van der Waals surface area contributed by atoms with E-state index in [1.165, 1.54) is 6.07 Å². The molecule has 0 aliphatic carbocycles. The molecule has 1 aromatic heterocycles. The molecule has 2 rings (SSSR count). The standard InChI is InChI=1S/C8H3ClF2O3S/c9-15(12,13)8-5(10)3-6-4(7(8)11)1-2-14-6/h1-3H. The zero-order valence-electron chi connectivity index (χ0n) is 7.00. The predicted octanol–water partition coefficient (Wildman–Crippen LogP) is 2.64. The number of hydrogen-bond acceptors (Lipinski definition) is 3. The van der Waals surface area contributed by atoms with Crippen LogP contribution >= 0.6 is 10.7 Å². The molecule has 0 amide bonds. The summed E-state index contributed by atoms with van der Waals surface area (Å²) in [6, 6.07) is 1.96. The van der Waals surface area contributed by atoms with Crippen molar-refractivity contribution in [1.29, 1.82) is 0 Å². The van der Waals surface area contributed by atoms with Crippen LogP contribution in [0.4, 0.5) is 8.78 Å². The van der Waals surface area contributed by atoms with Gasteiger partial charge >= 0.3 is 0 Å². The van der Waals surface area contributed by atoms with E-state index in [9.17, 15) is 17.2 Å². The van der Waals surface area contributed by atoms with Crippen molar-refractivity contribution in [3.8, 4) is 0 Å². The molecule has 7 heteroatoms. The number of fused-ring (bicyclic) bond motifs is 1. The van der Waals surface area contributed by atoms with Crippen molar-refractivity contribution in [2.75, 3.05) is 0 Å². The van der Waals surface area contributed by atoms with E-state index >= 15 is 0 Å². The summed E-state index contributed by atoms with van der Waals surface area (Å²) in [5, 5.41) is -0.129. The Morgan fingerprint density at radius 3 is 2.60 bits per heavy atom. The quantitative estimate of drug-likeness (QED) is 0.733. The smallest absolute Gasteiger partial charge is 0.267 e. The summed E-state index contributed by atoms with van der Waals surface area (Å²) in [5.74, 6) is -2.52. The van der Waals surface area contributed by atoms with Crippen molar-refractivity contribution in [2.24, 2.45) is 0 Å². The minimum Gasteiger partial charge on any atom is -0.464 e. The molecule has 0 N–H and O–H groups in total. The fourth-order valence-corrected chi connectivity index (χ4v) is 2.29. The minimum absolute atomic E-state index is 0.0749. The molecule has 0 spiro atoms. The van der Waals surface area contributed by atoms with E-state index in [4.69, 9.17) is 15.1 Å². The van der Waals surface area contributed by atoms with Gasteiger partial charge in [0, 0.05) is 16.7 Å². The maximum atomic E-state index is 13.5. The molecule has 0 aliphatic rings. The van der Waals surface area contributed by atoms with Gasteiger partial charge in [0.2, 0.25) is 0 Å². The highest BCUT2D eigenvalue weighted by Gasteiger charge is 2.25.